The van der Waals surface area contributed by atoms with Gasteiger partial charge in [0.2, 0.25) is 10.0 Å². The van der Waals surface area contributed by atoms with Gasteiger partial charge < -0.3 is 9.84 Å². The highest BCUT2D eigenvalue weighted by Gasteiger charge is 2.33. The highest BCUT2D eigenvalue weighted by Crippen LogP contribution is 2.31. The van der Waals surface area contributed by atoms with E-state index in [0.29, 0.717) is 12.1 Å². The summed E-state index contributed by atoms with van der Waals surface area (Å²) in [5, 5.41) is 9.12. The highest BCUT2D eigenvalue weighted by atomic mass is 32.2. The lowest BCUT2D eigenvalue weighted by molar-refractivity contribution is 0.280. The van der Waals surface area contributed by atoms with Crippen LogP contribution in [0.3, 0.4) is 0 Å². The van der Waals surface area contributed by atoms with Gasteiger partial charge in [0.25, 0.3) is 0 Å². The van der Waals surface area contributed by atoms with Crippen molar-refractivity contribution in [3.05, 3.63) is 23.8 Å². The van der Waals surface area contributed by atoms with Crippen molar-refractivity contribution >= 4 is 21.8 Å². The highest BCUT2D eigenvalue weighted by molar-refractivity contribution is 7.99. The summed E-state index contributed by atoms with van der Waals surface area (Å²) in [5.41, 5.74) is 0.628. The third-order valence-electron chi connectivity index (χ3n) is 3.30. The topological polar surface area (TPSA) is 66.8 Å². The van der Waals surface area contributed by atoms with Crippen molar-refractivity contribution in [1.29, 1.82) is 0 Å². The van der Waals surface area contributed by atoms with Crippen molar-refractivity contribution in [1.82, 2.24) is 4.31 Å². The van der Waals surface area contributed by atoms with E-state index in [1.54, 1.807) is 23.9 Å². The minimum atomic E-state index is -3.57. The second-order valence-corrected chi connectivity index (χ2v) is 7.69. The lowest BCUT2D eigenvalue weighted by Crippen LogP contribution is -2.44. The molecule has 1 N–H and O–H groups in total. The summed E-state index contributed by atoms with van der Waals surface area (Å²) in [5.74, 6) is 1.89. The molecule has 0 radical (unpaired) electrons. The van der Waals surface area contributed by atoms with E-state index in [4.69, 9.17) is 9.84 Å². The quantitative estimate of drug-likeness (QED) is 0.907. The Morgan fingerprint density at radius 2 is 2.25 bits per heavy atom. The molecule has 1 saturated heterocycles. The molecule has 1 aliphatic heterocycles. The average Bonchev–Trinajstić information content (AvgIpc) is 2.46. The van der Waals surface area contributed by atoms with E-state index in [1.807, 2.05) is 6.92 Å². The molecule has 112 valence electrons. The van der Waals surface area contributed by atoms with E-state index in [-0.39, 0.29) is 23.3 Å². The van der Waals surface area contributed by atoms with Crippen LogP contribution >= 0.6 is 11.8 Å². The van der Waals surface area contributed by atoms with E-state index in [1.165, 1.54) is 17.5 Å². The fourth-order valence-electron chi connectivity index (χ4n) is 2.22. The fourth-order valence-corrected chi connectivity index (χ4v) is 5.21. The second kappa shape index (κ2) is 6.34. The fraction of sp³-hybridized carbons (Fsp3) is 0.538. The molecule has 1 atom stereocenters. The Labute approximate surface area is 124 Å². The number of aliphatic hydroxyl groups excluding tert-OH is 1. The molecule has 1 aromatic rings. The Hall–Kier alpha value is -0.760. The predicted octanol–water partition coefficient (Wildman–Crippen LogP) is 1.31. The Morgan fingerprint density at radius 1 is 1.50 bits per heavy atom. The minimum absolute atomic E-state index is 0.0269. The number of thioether (sulfide) groups is 1. The second-order valence-electron chi connectivity index (χ2n) is 4.68. The van der Waals surface area contributed by atoms with Gasteiger partial charge in [-0.2, -0.15) is 16.1 Å². The normalized spacial score (nSPS) is 20.9. The number of hydrogen-bond donors (Lipinski definition) is 1. The van der Waals surface area contributed by atoms with Crippen LogP contribution in [0, 0.1) is 0 Å². The molecule has 1 aliphatic rings. The van der Waals surface area contributed by atoms with E-state index in [9.17, 15) is 8.42 Å². The number of nitrogens with zero attached hydrogens (tertiary/aromatic N) is 1. The van der Waals surface area contributed by atoms with E-state index in [0.717, 1.165) is 11.5 Å². The Bertz CT molecular complexity index is 574. The van der Waals surface area contributed by atoms with E-state index >= 15 is 0 Å². The van der Waals surface area contributed by atoms with Crippen molar-refractivity contribution in [2.75, 3.05) is 25.2 Å². The summed E-state index contributed by atoms with van der Waals surface area (Å²) >= 11 is 1.76. The third kappa shape index (κ3) is 2.95. The van der Waals surface area contributed by atoms with Crippen LogP contribution in [0.4, 0.5) is 0 Å². The smallest absolute Gasteiger partial charge is 0.247 e. The molecule has 2 rings (SSSR count). The number of benzene rings is 1. The maximum absolute atomic E-state index is 12.8. The Balaban J connectivity index is 2.43. The van der Waals surface area contributed by atoms with Gasteiger partial charge in [0, 0.05) is 24.1 Å². The molecule has 1 unspecified atom stereocenters. The molecule has 0 amide bonds. The maximum Gasteiger partial charge on any atom is 0.247 e. The van der Waals surface area contributed by atoms with Crippen LogP contribution < -0.4 is 4.74 Å². The van der Waals surface area contributed by atoms with Crippen molar-refractivity contribution in [3.63, 3.8) is 0 Å². The van der Waals surface area contributed by atoms with Gasteiger partial charge in [0.05, 0.1) is 13.7 Å². The molecule has 0 bridgehead atoms. The average molecular weight is 317 g/mol. The van der Waals surface area contributed by atoms with Crippen LogP contribution in [-0.4, -0.2) is 49.0 Å². The minimum Gasteiger partial charge on any atom is -0.495 e. The number of aliphatic hydroxyl groups is 1. The molecule has 1 heterocycles. The summed E-state index contributed by atoms with van der Waals surface area (Å²) in [6.07, 6.45) is 0. The first-order valence-corrected chi connectivity index (χ1v) is 8.97. The van der Waals surface area contributed by atoms with E-state index in [2.05, 4.69) is 0 Å². The summed E-state index contributed by atoms with van der Waals surface area (Å²) in [6.45, 7) is 2.28. The zero-order valence-electron chi connectivity index (χ0n) is 11.6. The van der Waals surface area contributed by atoms with Crippen LogP contribution in [0.25, 0.3) is 0 Å². The number of rotatable bonds is 4. The van der Waals surface area contributed by atoms with E-state index < -0.39 is 10.0 Å². The SMILES string of the molecule is COc1cc(CO)ccc1S(=O)(=O)N1CCSCC1C. The van der Waals surface area contributed by atoms with Gasteiger partial charge in [0.1, 0.15) is 10.6 Å². The molecule has 0 spiro atoms. The van der Waals surface area contributed by atoms with Crippen LogP contribution in [0.2, 0.25) is 0 Å². The monoisotopic (exact) mass is 317 g/mol. The van der Waals surface area contributed by atoms with Crippen LogP contribution in [-0.2, 0) is 16.6 Å². The van der Waals surface area contributed by atoms with Gasteiger partial charge in [-0.1, -0.05) is 6.07 Å². The van der Waals surface area contributed by atoms with Crippen molar-refractivity contribution in [2.24, 2.45) is 0 Å². The van der Waals surface area contributed by atoms with Crippen molar-refractivity contribution in [2.45, 2.75) is 24.5 Å². The summed E-state index contributed by atoms with van der Waals surface area (Å²) in [4.78, 5) is 0.163. The first-order chi connectivity index (χ1) is 9.50. The largest absolute Gasteiger partial charge is 0.495 e. The molecule has 0 aromatic heterocycles. The molecule has 7 heteroatoms. The molecule has 1 aromatic carbocycles. The van der Waals surface area contributed by atoms with Gasteiger partial charge in [-0.3, -0.25) is 0 Å². The molecular formula is C13H19NO4S2. The molecule has 0 saturated carbocycles. The zero-order chi connectivity index (χ0) is 14.8. The zero-order valence-corrected chi connectivity index (χ0v) is 13.2. The maximum atomic E-state index is 12.8. The Kier molecular flexibility index (Phi) is 4.95. The number of methoxy groups -OCH3 is 1. The van der Waals surface area contributed by atoms with Gasteiger partial charge in [0.15, 0.2) is 0 Å². The molecule has 0 aliphatic carbocycles. The predicted molar refractivity (Wildman–Crippen MR) is 79.6 cm³/mol. The molecule has 5 nitrogen and oxygen atoms in total. The number of ether oxygens (including phenoxy) is 1. The van der Waals surface area contributed by atoms with Crippen molar-refractivity contribution < 1.29 is 18.3 Å². The molecule has 20 heavy (non-hydrogen) atoms. The summed E-state index contributed by atoms with van der Waals surface area (Å²) in [7, 11) is -2.13. The third-order valence-corrected chi connectivity index (χ3v) is 6.55. The number of hydrogen-bond acceptors (Lipinski definition) is 5. The summed E-state index contributed by atoms with van der Waals surface area (Å²) < 4.78 is 32.2. The van der Waals surface area contributed by atoms with Gasteiger partial charge in [-0.05, 0) is 24.6 Å². The lowest BCUT2D eigenvalue weighted by atomic mass is 10.2. The van der Waals surface area contributed by atoms with Crippen LogP contribution in [0.15, 0.2) is 23.1 Å². The molecule has 1 fully saturated rings. The van der Waals surface area contributed by atoms with Crippen LogP contribution in [0.5, 0.6) is 5.75 Å². The van der Waals surface area contributed by atoms with Gasteiger partial charge in [-0.25, -0.2) is 8.42 Å². The van der Waals surface area contributed by atoms with Crippen molar-refractivity contribution in [3.8, 4) is 5.75 Å². The summed E-state index contributed by atoms with van der Waals surface area (Å²) in [6, 6.07) is 4.66. The van der Waals surface area contributed by atoms with Gasteiger partial charge in [-0.15, -0.1) is 0 Å². The number of sulfonamides is 1. The van der Waals surface area contributed by atoms with Gasteiger partial charge >= 0.3 is 0 Å². The first kappa shape index (κ1) is 15.6. The lowest BCUT2D eigenvalue weighted by Gasteiger charge is -2.32. The van der Waals surface area contributed by atoms with Crippen LogP contribution in [0.1, 0.15) is 12.5 Å². The first-order valence-electron chi connectivity index (χ1n) is 6.38. The molecular weight excluding hydrogens is 298 g/mol. The Morgan fingerprint density at radius 3 is 2.85 bits per heavy atom. The standard InChI is InChI=1S/C13H19NO4S2/c1-10-9-19-6-5-14(10)20(16,17)13-4-3-11(8-15)7-12(13)18-2/h3-4,7,10,15H,5-6,8-9H2,1-2H3.